The number of aliphatic imine (C=N–C) groups is 1. The van der Waals surface area contributed by atoms with E-state index in [9.17, 15) is 0 Å². The van der Waals surface area contributed by atoms with Crippen molar-refractivity contribution in [3.8, 4) is 11.6 Å². The highest BCUT2D eigenvalue weighted by Gasteiger charge is 2.12. The Labute approximate surface area is 173 Å². The fourth-order valence-corrected chi connectivity index (χ4v) is 3.48. The van der Waals surface area contributed by atoms with Crippen molar-refractivity contribution in [2.24, 2.45) is 4.99 Å². The van der Waals surface area contributed by atoms with Gasteiger partial charge in [-0.05, 0) is 48.9 Å². The molecule has 3 heterocycles. The highest BCUT2D eigenvalue weighted by molar-refractivity contribution is 5.83. The van der Waals surface area contributed by atoms with Gasteiger partial charge in [-0.3, -0.25) is 4.99 Å². The minimum Gasteiger partial charge on any atom is -0.439 e. The van der Waals surface area contributed by atoms with Gasteiger partial charge in [-0.15, -0.1) is 0 Å². The van der Waals surface area contributed by atoms with E-state index in [0.717, 1.165) is 23.0 Å². The number of nitrogen functional groups attached to an aromatic ring is 1. The van der Waals surface area contributed by atoms with Crippen LogP contribution in [0.25, 0.3) is 10.9 Å². The molecule has 5 rings (SSSR count). The molecular weight excluding hydrogens is 376 g/mol. The number of nitrogens with one attached hydrogen (secondary N) is 1. The summed E-state index contributed by atoms with van der Waals surface area (Å²) in [6.45, 7) is 0. The van der Waals surface area contributed by atoms with Crippen LogP contribution in [0.15, 0.2) is 84.3 Å². The van der Waals surface area contributed by atoms with Crippen molar-refractivity contribution in [1.82, 2.24) is 14.5 Å². The van der Waals surface area contributed by atoms with Crippen molar-refractivity contribution in [3.05, 3.63) is 79.3 Å². The van der Waals surface area contributed by atoms with Crippen LogP contribution < -0.4 is 15.8 Å². The van der Waals surface area contributed by atoms with Crippen molar-refractivity contribution in [2.75, 3.05) is 11.1 Å². The Hall–Kier alpha value is -4.13. The minimum atomic E-state index is 0.238. The van der Waals surface area contributed by atoms with Gasteiger partial charge in [0.25, 0.3) is 0 Å². The van der Waals surface area contributed by atoms with Crippen molar-refractivity contribution in [2.45, 2.75) is 12.5 Å². The van der Waals surface area contributed by atoms with E-state index in [1.165, 1.54) is 0 Å². The summed E-state index contributed by atoms with van der Waals surface area (Å²) in [6.07, 6.45) is 10.6. The third kappa shape index (κ3) is 3.73. The molecule has 4 aromatic rings. The SMILES string of the molecule is Nc1cccc(Nc2nccc(Oc3ccc4c(ccn4C4C=NC=CC4)c3)n2)c1. The lowest BCUT2D eigenvalue weighted by atomic mass is 10.2. The molecular formula is C23H20N6O. The Balaban J connectivity index is 1.35. The number of nitrogens with two attached hydrogens (primary N) is 1. The van der Waals surface area contributed by atoms with Crippen LogP contribution >= 0.6 is 0 Å². The van der Waals surface area contributed by atoms with E-state index in [0.29, 0.717) is 23.3 Å². The maximum atomic E-state index is 5.98. The first kappa shape index (κ1) is 17.9. The number of fused-ring (bicyclic) bond motifs is 1. The zero-order chi connectivity index (χ0) is 20.3. The van der Waals surface area contributed by atoms with Crippen LogP contribution in [0.3, 0.4) is 0 Å². The summed E-state index contributed by atoms with van der Waals surface area (Å²) >= 11 is 0. The predicted molar refractivity (Wildman–Crippen MR) is 119 cm³/mol. The van der Waals surface area contributed by atoms with Gasteiger partial charge in [0, 0.05) is 53.2 Å². The first-order valence-electron chi connectivity index (χ1n) is 9.67. The van der Waals surface area contributed by atoms with Gasteiger partial charge in [0.15, 0.2) is 0 Å². The maximum absolute atomic E-state index is 5.98. The standard InChI is InChI=1S/C23H20N6O/c24-17-3-1-4-18(14-17)27-23-26-11-8-22(28-23)30-20-6-7-21-16(13-20)9-12-29(21)19-5-2-10-25-15-19/h1-4,6-15,19H,5,24H2,(H,26,27,28). The molecule has 0 saturated carbocycles. The minimum absolute atomic E-state index is 0.238. The molecule has 1 aliphatic rings. The molecule has 1 aliphatic heterocycles. The van der Waals surface area contributed by atoms with Gasteiger partial charge < -0.3 is 20.4 Å². The van der Waals surface area contributed by atoms with E-state index >= 15 is 0 Å². The summed E-state index contributed by atoms with van der Waals surface area (Å²) in [5.41, 5.74) is 8.45. The quantitative estimate of drug-likeness (QED) is 0.459. The normalized spacial score (nSPS) is 15.4. The average molecular weight is 396 g/mol. The Morgan fingerprint density at radius 3 is 2.93 bits per heavy atom. The molecule has 1 unspecified atom stereocenters. The molecule has 2 aromatic carbocycles. The second-order valence-corrected chi connectivity index (χ2v) is 7.00. The summed E-state index contributed by atoms with van der Waals surface area (Å²) in [5, 5.41) is 4.24. The first-order chi connectivity index (χ1) is 14.7. The van der Waals surface area contributed by atoms with Crippen molar-refractivity contribution in [3.63, 3.8) is 0 Å². The topological polar surface area (TPSA) is 90.3 Å². The van der Waals surface area contributed by atoms with Crippen molar-refractivity contribution in [1.29, 1.82) is 0 Å². The van der Waals surface area contributed by atoms with Crippen LogP contribution in [0.4, 0.5) is 17.3 Å². The number of hydrogen-bond donors (Lipinski definition) is 2. The molecule has 3 N–H and O–H groups in total. The largest absolute Gasteiger partial charge is 0.439 e. The Bertz CT molecular complexity index is 1260. The lowest BCUT2D eigenvalue weighted by molar-refractivity contribution is 0.463. The van der Waals surface area contributed by atoms with Gasteiger partial charge in [-0.25, -0.2) is 4.98 Å². The van der Waals surface area contributed by atoms with Gasteiger partial charge in [0.2, 0.25) is 11.8 Å². The third-order valence-electron chi connectivity index (χ3n) is 4.87. The van der Waals surface area contributed by atoms with Crippen LogP contribution in [-0.4, -0.2) is 20.7 Å². The van der Waals surface area contributed by atoms with E-state index < -0.39 is 0 Å². The van der Waals surface area contributed by atoms with Gasteiger partial charge in [-0.2, -0.15) is 4.98 Å². The lowest BCUT2D eigenvalue weighted by Gasteiger charge is -2.16. The Morgan fingerprint density at radius 2 is 2.07 bits per heavy atom. The molecule has 30 heavy (non-hydrogen) atoms. The summed E-state index contributed by atoms with van der Waals surface area (Å²) in [5.74, 6) is 1.61. The molecule has 0 bridgehead atoms. The zero-order valence-corrected chi connectivity index (χ0v) is 16.1. The summed E-state index contributed by atoms with van der Waals surface area (Å²) in [4.78, 5) is 12.9. The zero-order valence-electron chi connectivity index (χ0n) is 16.1. The molecule has 0 saturated heterocycles. The van der Waals surface area contributed by atoms with Crippen molar-refractivity contribution >= 4 is 34.4 Å². The molecule has 148 valence electrons. The molecule has 7 heteroatoms. The van der Waals surface area contributed by atoms with E-state index in [2.05, 4.69) is 49.2 Å². The number of ether oxygens (including phenoxy) is 1. The van der Waals surface area contributed by atoms with E-state index in [-0.39, 0.29) is 6.04 Å². The molecule has 2 aromatic heterocycles. The number of hydrogen-bond acceptors (Lipinski definition) is 6. The van der Waals surface area contributed by atoms with Gasteiger partial charge >= 0.3 is 0 Å². The van der Waals surface area contributed by atoms with Crippen LogP contribution in [-0.2, 0) is 0 Å². The van der Waals surface area contributed by atoms with Crippen LogP contribution in [0.5, 0.6) is 11.6 Å². The lowest BCUT2D eigenvalue weighted by Crippen LogP contribution is -2.09. The van der Waals surface area contributed by atoms with Crippen LogP contribution in [0, 0.1) is 0 Å². The van der Waals surface area contributed by atoms with Crippen LogP contribution in [0.1, 0.15) is 12.5 Å². The summed E-state index contributed by atoms with van der Waals surface area (Å²) in [6, 6.07) is 17.5. The van der Waals surface area contributed by atoms with Gasteiger partial charge in [0.05, 0.1) is 6.04 Å². The monoisotopic (exact) mass is 396 g/mol. The van der Waals surface area contributed by atoms with E-state index in [1.807, 2.05) is 48.8 Å². The first-order valence-corrected chi connectivity index (χ1v) is 9.67. The molecule has 1 atom stereocenters. The number of aromatic nitrogens is 3. The molecule has 7 nitrogen and oxygen atoms in total. The van der Waals surface area contributed by atoms with Crippen LogP contribution in [0.2, 0.25) is 0 Å². The predicted octanol–water partition coefficient (Wildman–Crippen LogP) is 5.08. The smallest absolute Gasteiger partial charge is 0.230 e. The molecule has 0 radical (unpaired) electrons. The summed E-state index contributed by atoms with van der Waals surface area (Å²) < 4.78 is 8.21. The summed E-state index contributed by atoms with van der Waals surface area (Å²) in [7, 11) is 0. The third-order valence-corrected chi connectivity index (χ3v) is 4.87. The fourth-order valence-electron chi connectivity index (χ4n) is 3.48. The molecule has 0 amide bonds. The van der Waals surface area contributed by atoms with E-state index in [4.69, 9.17) is 10.5 Å². The second-order valence-electron chi connectivity index (χ2n) is 7.00. The highest BCUT2D eigenvalue weighted by Crippen LogP contribution is 2.29. The Morgan fingerprint density at radius 1 is 1.10 bits per heavy atom. The van der Waals surface area contributed by atoms with E-state index in [1.54, 1.807) is 12.3 Å². The fraction of sp³-hybridized carbons (Fsp3) is 0.0870. The average Bonchev–Trinajstić information content (AvgIpc) is 3.18. The number of rotatable bonds is 5. The van der Waals surface area contributed by atoms with Gasteiger partial charge in [-0.1, -0.05) is 12.1 Å². The number of allylic oxidation sites excluding steroid dienone is 1. The Kier molecular flexibility index (Phi) is 4.61. The van der Waals surface area contributed by atoms with Crippen molar-refractivity contribution < 1.29 is 4.74 Å². The number of nitrogens with zero attached hydrogens (tertiary/aromatic N) is 4. The molecule has 0 fully saturated rings. The highest BCUT2D eigenvalue weighted by atomic mass is 16.5. The molecule has 0 spiro atoms. The molecule has 0 aliphatic carbocycles. The number of anilines is 3. The van der Waals surface area contributed by atoms with Gasteiger partial charge in [0.1, 0.15) is 5.75 Å². The number of benzene rings is 2. The maximum Gasteiger partial charge on any atom is 0.230 e. The second kappa shape index (κ2) is 7.71.